The molecule has 0 amide bonds. The van der Waals surface area contributed by atoms with Crippen molar-refractivity contribution in [2.75, 3.05) is 0 Å². The zero-order valence-corrected chi connectivity index (χ0v) is 15.9. The molecule has 5 nitrogen and oxygen atoms in total. The molecule has 1 N–H and O–H groups in total. The highest BCUT2D eigenvalue weighted by Crippen LogP contribution is 2.33. The molecule has 0 atom stereocenters. The maximum Gasteiger partial charge on any atom is 0.314 e. The summed E-state index contributed by atoms with van der Waals surface area (Å²) in [5.74, 6) is 1.79. The molecule has 0 aliphatic heterocycles. The number of aromatic hydroxyl groups is 1. The molecule has 27 heavy (non-hydrogen) atoms. The van der Waals surface area contributed by atoms with Gasteiger partial charge in [0.2, 0.25) is 0 Å². The van der Waals surface area contributed by atoms with Gasteiger partial charge in [0, 0.05) is 5.56 Å². The van der Waals surface area contributed by atoms with Crippen LogP contribution in [0.1, 0.15) is 58.3 Å². The minimum atomic E-state index is -0.115. The fourth-order valence-corrected chi connectivity index (χ4v) is 3.71. The van der Waals surface area contributed by atoms with E-state index in [2.05, 4.69) is 16.9 Å². The van der Waals surface area contributed by atoms with Crippen molar-refractivity contribution in [2.45, 2.75) is 58.3 Å². The Hall–Kier alpha value is -2.43. The first-order valence-electron chi connectivity index (χ1n) is 9.99. The lowest BCUT2D eigenvalue weighted by Crippen LogP contribution is -2.25. The Morgan fingerprint density at radius 2 is 1.74 bits per heavy atom. The van der Waals surface area contributed by atoms with Crippen LogP contribution in [0.4, 0.5) is 0 Å². The second kappa shape index (κ2) is 9.49. The largest absolute Gasteiger partial charge is 0.505 e. The quantitative estimate of drug-likeness (QED) is 0.416. The number of aromatic nitrogens is 2. The second-order valence-electron chi connectivity index (χ2n) is 7.42. The molecule has 0 spiro atoms. The van der Waals surface area contributed by atoms with Crippen LogP contribution >= 0.6 is 0 Å². The topological polar surface area (TPSA) is 72.3 Å². The summed E-state index contributed by atoms with van der Waals surface area (Å²) >= 11 is 0. The van der Waals surface area contributed by atoms with Crippen molar-refractivity contribution in [2.24, 2.45) is 11.8 Å². The van der Waals surface area contributed by atoms with Gasteiger partial charge in [0.15, 0.2) is 11.6 Å². The van der Waals surface area contributed by atoms with Gasteiger partial charge in [0.1, 0.15) is 5.75 Å². The monoisotopic (exact) mass is 368 g/mol. The molecule has 0 bridgehead atoms. The molecule has 144 valence electrons. The number of carbonyl (C=O) groups is 1. The highest BCUT2D eigenvalue weighted by molar-refractivity contribution is 5.75. The van der Waals surface area contributed by atoms with E-state index in [1.807, 2.05) is 12.1 Å². The molecule has 0 unspecified atom stereocenters. The summed E-state index contributed by atoms with van der Waals surface area (Å²) in [6.07, 6.45) is 12.1. The third-order valence-electron chi connectivity index (χ3n) is 5.37. The molecule has 1 saturated carbocycles. The highest BCUT2D eigenvalue weighted by atomic mass is 16.5. The molecule has 2 aromatic rings. The second-order valence-corrected chi connectivity index (χ2v) is 7.42. The van der Waals surface area contributed by atoms with E-state index in [0.29, 0.717) is 11.6 Å². The maximum atomic E-state index is 12.5. The smallest absolute Gasteiger partial charge is 0.314 e. The molecule has 1 fully saturated rings. The Morgan fingerprint density at radius 3 is 2.37 bits per heavy atom. The maximum absolute atomic E-state index is 12.5. The predicted octanol–water partition coefficient (Wildman–Crippen LogP) is 5.14. The van der Waals surface area contributed by atoms with Crippen LogP contribution < -0.4 is 4.74 Å². The molecular weight excluding hydrogens is 340 g/mol. The lowest BCUT2D eigenvalue weighted by atomic mass is 9.80. The fourth-order valence-electron chi connectivity index (χ4n) is 3.71. The van der Waals surface area contributed by atoms with Gasteiger partial charge in [0.05, 0.1) is 18.3 Å². The van der Waals surface area contributed by atoms with Gasteiger partial charge in [-0.15, -0.1) is 0 Å². The first-order valence-corrected chi connectivity index (χ1v) is 9.99. The van der Waals surface area contributed by atoms with E-state index in [1.165, 1.54) is 38.1 Å². The van der Waals surface area contributed by atoms with Crippen LogP contribution in [0.3, 0.4) is 0 Å². The summed E-state index contributed by atoms with van der Waals surface area (Å²) < 4.78 is 5.58. The summed E-state index contributed by atoms with van der Waals surface area (Å²) in [5.41, 5.74) is 0.808. The molecule has 3 rings (SSSR count). The van der Waals surface area contributed by atoms with Gasteiger partial charge in [-0.1, -0.05) is 32.6 Å². The Kier molecular flexibility index (Phi) is 6.80. The van der Waals surface area contributed by atoms with E-state index in [-0.39, 0.29) is 17.6 Å². The number of hydrogen-bond acceptors (Lipinski definition) is 5. The van der Waals surface area contributed by atoms with E-state index in [4.69, 9.17) is 4.74 Å². The van der Waals surface area contributed by atoms with Crippen LogP contribution in [-0.4, -0.2) is 21.0 Å². The molecule has 1 aliphatic rings. The van der Waals surface area contributed by atoms with Gasteiger partial charge in [-0.3, -0.25) is 4.79 Å². The standard InChI is InChI=1S/C22H28N2O3/c1-2-3-4-5-16-6-8-18(9-7-16)22(26)27-20-12-10-17(11-13-20)21-23-14-19(25)15-24-21/h10-16,18,25H,2-9H2,1H3/t16-,18-. The zero-order chi connectivity index (χ0) is 19.1. The lowest BCUT2D eigenvalue weighted by Gasteiger charge is -2.27. The lowest BCUT2D eigenvalue weighted by molar-refractivity contribution is -0.140. The number of unbranched alkanes of at least 4 members (excludes halogenated alkanes) is 2. The van der Waals surface area contributed by atoms with Crippen LogP contribution in [-0.2, 0) is 4.79 Å². The van der Waals surface area contributed by atoms with Crippen molar-refractivity contribution in [3.63, 3.8) is 0 Å². The number of benzene rings is 1. The van der Waals surface area contributed by atoms with E-state index in [1.54, 1.807) is 12.1 Å². The average molecular weight is 368 g/mol. The van der Waals surface area contributed by atoms with E-state index >= 15 is 0 Å². The van der Waals surface area contributed by atoms with E-state index in [0.717, 1.165) is 37.2 Å². The van der Waals surface area contributed by atoms with Gasteiger partial charge in [0.25, 0.3) is 0 Å². The Balaban J connectivity index is 1.49. The van der Waals surface area contributed by atoms with Crippen LogP contribution in [0.5, 0.6) is 11.5 Å². The Labute approximate surface area is 160 Å². The van der Waals surface area contributed by atoms with Gasteiger partial charge in [-0.25, -0.2) is 9.97 Å². The van der Waals surface area contributed by atoms with Crippen molar-refractivity contribution in [3.05, 3.63) is 36.7 Å². The fraction of sp³-hybridized carbons (Fsp3) is 0.500. The van der Waals surface area contributed by atoms with Gasteiger partial charge < -0.3 is 9.84 Å². The van der Waals surface area contributed by atoms with Crippen LogP contribution in [0, 0.1) is 11.8 Å². The number of nitrogens with zero attached hydrogens (tertiary/aromatic N) is 2. The minimum absolute atomic E-state index is 0.0209. The molecule has 1 aromatic carbocycles. The number of carbonyl (C=O) groups excluding carboxylic acids is 1. The molecule has 1 heterocycles. The van der Waals surface area contributed by atoms with Gasteiger partial charge in [-0.2, -0.15) is 0 Å². The molecule has 1 aliphatic carbocycles. The van der Waals surface area contributed by atoms with Crippen molar-refractivity contribution >= 4 is 5.97 Å². The minimum Gasteiger partial charge on any atom is -0.505 e. The van der Waals surface area contributed by atoms with Crippen molar-refractivity contribution in [3.8, 4) is 22.9 Å². The third-order valence-corrected chi connectivity index (χ3v) is 5.37. The number of rotatable bonds is 7. The van der Waals surface area contributed by atoms with Crippen LogP contribution in [0.25, 0.3) is 11.4 Å². The van der Waals surface area contributed by atoms with E-state index < -0.39 is 0 Å². The summed E-state index contributed by atoms with van der Waals surface area (Å²) in [7, 11) is 0. The summed E-state index contributed by atoms with van der Waals surface area (Å²) in [5, 5.41) is 9.26. The molecule has 1 aromatic heterocycles. The SMILES string of the molecule is CCCCC[C@H]1CC[C@H](C(=O)Oc2ccc(-c3ncc(O)cn3)cc2)CC1. The molecular formula is C22H28N2O3. The average Bonchev–Trinajstić information content (AvgIpc) is 2.70. The van der Waals surface area contributed by atoms with Gasteiger partial charge in [-0.05, 0) is 55.9 Å². The Morgan fingerprint density at radius 1 is 1.07 bits per heavy atom. The van der Waals surface area contributed by atoms with Crippen LogP contribution in [0.2, 0.25) is 0 Å². The number of hydrogen-bond donors (Lipinski definition) is 1. The molecule has 5 heteroatoms. The first kappa shape index (κ1) is 19.3. The first-order chi connectivity index (χ1) is 13.2. The summed E-state index contributed by atoms with van der Waals surface area (Å²) in [6, 6.07) is 7.17. The normalized spacial score (nSPS) is 19.6. The number of ether oxygens (including phenoxy) is 1. The molecule has 0 radical (unpaired) electrons. The van der Waals surface area contributed by atoms with Crippen LogP contribution in [0.15, 0.2) is 36.7 Å². The zero-order valence-electron chi connectivity index (χ0n) is 15.9. The van der Waals surface area contributed by atoms with Crippen molar-refractivity contribution in [1.82, 2.24) is 9.97 Å². The molecule has 0 saturated heterocycles. The highest BCUT2D eigenvalue weighted by Gasteiger charge is 2.27. The Bertz CT molecular complexity index is 720. The summed E-state index contributed by atoms with van der Waals surface area (Å²) in [6.45, 7) is 2.23. The van der Waals surface area contributed by atoms with E-state index in [9.17, 15) is 9.90 Å². The van der Waals surface area contributed by atoms with Crippen molar-refractivity contribution < 1.29 is 14.6 Å². The van der Waals surface area contributed by atoms with Crippen molar-refractivity contribution in [1.29, 1.82) is 0 Å². The third kappa shape index (κ3) is 5.52. The summed E-state index contributed by atoms with van der Waals surface area (Å²) in [4.78, 5) is 20.6. The number of esters is 1. The van der Waals surface area contributed by atoms with Gasteiger partial charge >= 0.3 is 5.97 Å². The predicted molar refractivity (Wildman–Crippen MR) is 104 cm³/mol.